The predicted molar refractivity (Wildman–Crippen MR) is 56.7 cm³/mol. The zero-order chi connectivity index (χ0) is 11.0. The first kappa shape index (κ1) is 12.8. The van der Waals surface area contributed by atoms with E-state index in [4.69, 9.17) is 4.74 Å². The van der Waals surface area contributed by atoms with E-state index in [1.54, 1.807) is 19.3 Å². The fourth-order valence-corrected chi connectivity index (χ4v) is 0.974. The van der Waals surface area contributed by atoms with Crippen LogP contribution in [0.3, 0.4) is 0 Å². The summed E-state index contributed by atoms with van der Waals surface area (Å²) in [5.41, 5.74) is -0.278. The Labute approximate surface area is 85.7 Å². The van der Waals surface area contributed by atoms with E-state index < -0.39 is 0 Å². The Morgan fingerprint density at radius 3 is 2.57 bits per heavy atom. The number of esters is 1. The van der Waals surface area contributed by atoms with Gasteiger partial charge in [0.15, 0.2) is 0 Å². The maximum Gasteiger partial charge on any atom is 0.308 e. The molecule has 0 rings (SSSR count). The molecule has 14 heavy (non-hydrogen) atoms. The van der Waals surface area contributed by atoms with Crippen LogP contribution >= 0.6 is 0 Å². The molecule has 0 aromatic carbocycles. The Balaban J connectivity index is 3.93. The standard InChI is InChI=1S/C10H20N2O2/c1-5-14-9(13)8-10(2,3)12-7-6-11-4/h6-7,11-12H,5,8H2,1-4H3/b7-6-. The van der Waals surface area contributed by atoms with Crippen LogP contribution in [0.5, 0.6) is 0 Å². The molecule has 4 heteroatoms. The number of hydrogen-bond acceptors (Lipinski definition) is 4. The number of carbonyl (C=O) groups excluding carboxylic acids is 1. The average Bonchev–Trinajstić information content (AvgIpc) is 2.03. The Morgan fingerprint density at radius 1 is 1.43 bits per heavy atom. The summed E-state index contributed by atoms with van der Waals surface area (Å²) >= 11 is 0. The zero-order valence-corrected chi connectivity index (χ0v) is 9.39. The van der Waals surface area contributed by atoms with Crippen molar-refractivity contribution in [2.75, 3.05) is 13.7 Å². The lowest BCUT2D eigenvalue weighted by Crippen LogP contribution is -2.38. The van der Waals surface area contributed by atoms with Gasteiger partial charge in [-0.25, -0.2) is 0 Å². The molecule has 0 radical (unpaired) electrons. The van der Waals surface area contributed by atoms with Crippen LogP contribution in [0.1, 0.15) is 27.2 Å². The molecule has 0 aliphatic carbocycles. The van der Waals surface area contributed by atoms with Gasteiger partial charge in [0.05, 0.1) is 13.0 Å². The molecule has 0 saturated heterocycles. The van der Waals surface area contributed by atoms with Gasteiger partial charge in [-0.3, -0.25) is 4.79 Å². The maximum atomic E-state index is 11.2. The molecule has 0 aromatic rings. The molecule has 2 N–H and O–H groups in total. The number of hydrogen-bond donors (Lipinski definition) is 2. The molecule has 4 nitrogen and oxygen atoms in total. The SMILES string of the molecule is CCOC(=O)CC(C)(C)N/C=C\NC. The van der Waals surface area contributed by atoms with Gasteiger partial charge < -0.3 is 15.4 Å². The lowest BCUT2D eigenvalue weighted by atomic mass is 10.0. The summed E-state index contributed by atoms with van der Waals surface area (Å²) in [5, 5.41) is 5.96. The third kappa shape index (κ3) is 6.34. The summed E-state index contributed by atoms with van der Waals surface area (Å²) in [6, 6.07) is 0. The molecule has 82 valence electrons. The molecular formula is C10H20N2O2. The first-order valence-corrected chi connectivity index (χ1v) is 4.77. The lowest BCUT2D eigenvalue weighted by molar-refractivity contribution is -0.144. The second kappa shape index (κ2) is 6.29. The Kier molecular flexibility index (Phi) is 5.76. The summed E-state index contributed by atoms with van der Waals surface area (Å²) < 4.78 is 4.87. The molecule has 0 atom stereocenters. The zero-order valence-electron chi connectivity index (χ0n) is 9.39. The highest BCUT2D eigenvalue weighted by atomic mass is 16.5. The smallest absolute Gasteiger partial charge is 0.308 e. The van der Waals surface area contributed by atoms with E-state index in [1.807, 2.05) is 20.9 Å². The summed E-state index contributed by atoms with van der Waals surface area (Å²) in [4.78, 5) is 11.2. The van der Waals surface area contributed by atoms with E-state index in [2.05, 4.69) is 10.6 Å². The van der Waals surface area contributed by atoms with Crippen molar-refractivity contribution >= 4 is 5.97 Å². The van der Waals surface area contributed by atoms with E-state index in [-0.39, 0.29) is 11.5 Å². The number of ether oxygens (including phenoxy) is 1. The van der Waals surface area contributed by atoms with Crippen LogP contribution in [-0.4, -0.2) is 25.2 Å². The van der Waals surface area contributed by atoms with Crippen LogP contribution in [0.2, 0.25) is 0 Å². The van der Waals surface area contributed by atoms with Crippen LogP contribution in [0.4, 0.5) is 0 Å². The van der Waals surface area contributed by atoms with Crippen molar-refractivity contribution in [3.8, 4) is 0 Å². The average molecular weight is 200 g/mol. The predicted octanol–water partition coefficient (Wildman–Crippen LogP) is 0.998. The number of carbonyl (C=O) groups is 1. The largest absolute Gasteiger partial charge is 0.466 e. The number of nitrogens with one attached hydrogen (secondary N) is 2. The summed E-state index contributed by atoms with van der Waals surface area (Å²) in [6.07, 6.45) is 3.90. The van der Waals surface area contributed by atoms with Crippen molar-refractivity contribution in [2.45, 2.75) is 32.7 Å². The van der Waals surface area contributed by atoms with Gasteiger partial charge in [-0.1, -0.05) is 0 Å². The highest BCUT2D eigenvalue weighted by Crippen LogP contribution is 2.09. The van der Waals surface area contributed by atoms with Crippen molar-refractivity contribution in [3.63, 3.8) is 0 Å². The summed E-state index contributed by atoms with van der Waals surface area (Å²) in [6.45, 7) is 6.13. The normalized spacial score (nSPS) is 11.4. The fourth-order valence-electron chi connectivity index (χ4n) is 0.974. The fraction of sp³-hybridized carbons (Fsp3) is 0.700. The Bertz CT molecular complexity index is 200. The van der Waals surface area contributed by atoms with Crippen molar-refractivity contribution in [1.29, 1.82) is 0 Å². The first-order chi connectivity index (χ1) is 6.52. The molecule has 0 heterocycles. The quantitative estimate of drug-likeness (QED) is 0.628. The van der Waals surface area contributed by atoms with Gasteiger partial charge in [-0.05, 0) is 20.8 Å². The van der Waals surface area contributed by atoms with Gasteiger partial charge in [0.1, 0.15) is 0 Å². The van der Waals surface area contributed by atoms with Crippen molar-refractivity contribution in [2.24, 2.45) is 0 Å². The minimum Gasteiger partial charge on any atom is -0.466 e. The number of rotatable bonds is 6. The molecule has 0 aromatic heterocycles. The Morgan fingerprint density at radius 2 is 2.07 bits per heavy atom. The molecule has 0 saturated carbocycles. The van der Waals surface area contributed by atoms with E-state index in [0.29, 0.717) is 13.0 Å². The summed E-state index contributed by atoms with van der Waals surface area (Å²) in [7, 11) is 1.82. The maximum absolute atomic E-state index is 11.2. The first-order valence-electron chi connectivity index (χ1n) is 4.77. The van der Waals surface area contributed by atoms with Crippen LogP contribution in [0, 0.1) is 0 Å². The van der Waals surface area contributed by atoms with E-state index in [1.165, 1.54) is 0 Å². The molecule has 0 amide bonds. The van der Waals surface area contributed by atoms with E-state index in [9.17, 15) is 4.79 Å². The molecule has 0 bridgehead atoms. The van der Waals surface area contributed by atoms with Gasteiger partial charge in [-0.2, -0.15) is 0 Å². The van der Waals surface area contributed by atoms with Crippen LogP contribution in [0.15, 0.2) is 12.4 Å². The molecule has 0 aliphatic rings. The third-order valence-electron chi connectivity index (χ3n) is 1.62. The van der Waals surface area contributed by atoms with Crippen molar-refractivity contribution in [3.05, 3.63) is 12.4 Å². The molecule has 0 fully saturated rings. The molecule has 0 spiro atoms. The van der Waals surface area contributed by atoms with Crippen LogP contribution < -0.4 is 10.6 Å². The minimum atomic E-state index is -0.278. The summed E-state index contributed by atoms with van der Waals surface area (Å²) in [5.74, 6) is -0.178. The lowest BCUT2D eigenvalue weighted by Gasteiger charge is -2.23. The second-order valence-electron chi connectivity index (χ2n) is 3.63. The topological polar surface area (TPSA) is 50.4 Å². The van der Waals surface area contributed by atoms with Crippen molar-refractivity contribution < 1.29 is 9.53 Å². The second-order valence-corrected chi connectivity index (χ2v) is 3.63. The van der Waals surface area contributed by atoms with Gasteiger partial charge in [0, 0.05) is 25.0 Å². The molecular weight excluding hydrogens is 180 g/mol. The highest BCUT2D eigenvalue weighted by Gasteiger charge is 2.20. The Hall–Kier alpha value is -1.19. The monoisotopic (exact) mass is 200 g/mol. The van der Waals surface area contributed by atoms with Crippen molar-refractivity contribution in [1.82, 2.24) is 10.6 Å². The molecule has 0 aliphatic heterocycles. The van der Waals surface area contributed by atoms with Gasteiger partial charge >= 0.3 is 5.97 Å². The molecule has 0 unspecified atom stereocenters. The van der Waals surface area contributed by atoms with Gasteiger partial charge in [-0.15, -0.1) is 0 Å². The van der Waals surface area contributed by atoms with E-state index >= 15 is 0 Å². The van der Waals surface area contributed by atoms with E-state index in [0.717, 1.165) is 0 Å². The van der Waals surface area contributed by atoms with Gasteiger partial charge in [0.2, 0.25) is 0 Å². The highest BCUT2D eigenvalue weighted by molar-refractivity contribution is 5.70. The third-order valence-corrected chi connectivity index (χ3v) is 1.62. The van der Waals surface area contributed by atoms with Crippen LogP contribution in [0.25, 0.3) is 0 Å². The van der Waals surface area contributed by atoms with Crippen LogP contribution in [-0.2, 0) is 9.53 Å². The minimum absolute atomic E-state index is 0.178. The van der Waals surface area contributed by atoms with Gasteiger partial charge in [0.25, 0.3) is 0 Å².